The van der Waals surface area contributed by atoms with Crippen molar-refractivity contribution in [3.8, 4) is 5.75 Å². The maximum atomic E-state index is 11.9. The molecular formula is C17H23NO4. The van der Waals surface area contributed by atoms with Gasteiger partial charge in [0.2, 0.25) is 0 Å². The average Bonchev–Trinajstić information content (AvgIpc) is 3.34. The van der Waals surface area contributed by atoms with Crippen LogP contribution in [0.5, 0.6) is 5.75 Å². The minimum atomic E-state index is -0.976. The predicted octanol–water partition coefficient (Wildman–Crippen LogP) is 2.56. The van der Waals surface area contributed by atoms with Crippen LogP contribution in [0, 0.1) is 5.92 Å². The molecule has 2 unspecified atom stereocenters. The first-order valence-electron chi connectivity index (χ1n) is 7.76. The number of carbonyl (C=O) groups is 2. The van der Waals surface area contributed by atoms with Gasteiger partial charge < -0.3 is 15.2 Å². The second-order valence-corrected chi connectivity index (χ2v) is 5.86. The maximum absolute atomic E-state index is 11.9. The number of hydrogen-bond acceptors (Lipinski definition) is 3. The Labute approximate surface area is 130 Å². The largest absolute Gasteiger partial charge is 0.483 e. The molecule has 0 spiro atoms. The number of carbonyl (C=O) groups excluding carboxylic acids is 1. The summed E-state index contributed by atoms with van der Waals surface area (Å²) in [6.45, 7) is 4.04. The molecule has 0 radical (unpaired) electrons. The Morgan fingerprint density at radius 3 is 2.64 bits per heavy atom. The summed E-state index contributed by atoms with van der Waals surface area (Å²) in [5, 5.41) is 11.7. The fourth-order valence-electron chi connectivity index (χ4n) is 2.41. The molecule has 1 aliphatic carbocycles. The zero-order chi connectivity index (χ0) is 16.1. The molecule has 2 rings (SSSR count). The van der Waals surface area contributed by atoms with Crippen molar-refractivity contribution in [3.05, 3.63) is 29.8 Å². The van der Waals surface area contributed by atoms with Gasteiger partial charge in [-0.3, -0.25) is 4.79 Å². The van der Waals surface area contributed by atoms with Crippen molar-refractivity contribution in [2.45, 2.75) is 45.1 Å². The van der Waals surface area contributed by atoms with Crippen LogP contribution in [0.15, 0.2) is 24.3 Å². The summed E-state index contributed by atoms with van der Waals surface area (Å²) in [6, 6.07) is 6.85. The molecule has 0 bridgehead atoms. The van der Waals surface area contributed by atoms with Crippen LogP contribution >= 0.6 is 0 Å². The number of ether oxygens (including phenoxy) is 1. The van der Waals surface area contributed by atoms with Crippen molar-refractivity contribution in [1.82, 2.24) is 5.32 Å². The molecule has 0 aromatic heterocycles. The summed E-state index contributed by atoms with van der Waals surface area (Å²) >= 11 is 0. The van der Waals surface area contributed by atoms with Crippen molar-refractivity contribution in [2.75, 3.05) is 6.61 Å². The lowest BCUT2D eigenvalue weighted by Gasteiger charge is -2.17. The van der Waals surface area contributed by atoms with Gasteiger partial charge in [0.15, 0.2) is 6.61 Å². The van der Waals surface area contributed by atoms with Gasteiger partial charge in [-0.1, -0.05) is 32.0 Å². The summed E-state index contributed by atoms with van der Waals surface area (Å²) in [5.74, 6) is -0.272. The van der Waals surface area contributed by atoms with E-state index in [4.69, 9.17) is 9.84 Å². The number of aliphatic carboxylic acids is 1. The highest BCUT2D eigenvalue weighted by Crippen LogP contribution is 2.32. The third-order valence-corrected chi connectivity index (χ3v) is 4.10. The number of nitrogens with one attached hydrogen (secondary N) is 1. The second-order valence-electron chi connectivity index (χ2n) is 5.86. The highest BCUT2D eigenvalue weighted by Gasteiger charge is 2.37. The third kappa shape index (κ3) is 4.23. The van der Waals surface area contributed by atoms with Crippen LogP contribution in [0.4, 0.5) is 0 Å². The quantitative estimate of drug-likeness (QED) is 0.774. The lowest BCUT2D eigenvalue weighted by atomic mass is 9.98. The molecule has 5 heteroatoms. The van der Waals surface area contributed by atoms with Crippen molar-refractivity contribution in [2.24, 2.45) is 5.92 Å². The van der Waals surface area contributed by atoms with Gasteiger partial charge in [0.05, 0.1) is 0 Å². The molecule has 0 heterocycles. The highest BCUT2D eigenvalue weighted by atomic mass is 16.5. The van der Waals surface area contributed by atoms with Crippen molar-refractivity contribution >= 4 is 11.9 Å². The van der Waals surface area contributed by atoms with E-state index in [1.165, 1.54) is 0 Å². The van der Waals surface area contributed by atoms with E-state index in [1.54, 1.807) is 0 Å². The average molecular weight is 305 g/mol. The molecule has 1 aromatic carbocycles. The summed E-state index contributed by atoms with van der Waals surface area (Å²) in [5.41, 5.74) is 1.06. The first kappa shape index (κ1) is 16.3. The molecule has 1 aromatic rings. The van der Waals surface area contributed by atoms with Gasteiger partial charge in [-0.25, -0.2) is 4.79 Å². The zero-order valence-corrected chi connectivity index (χ0v) is 13.0. The predicted molar refractivity (Wildman–Crippen MR) is 82.9 cm³/mol. The Balaban J connectivity index is 1.92. The Morgan fingerprint density at radius 2 is 2.05 bits per heavy atom. The van der Waals surface area contributed by atoms with E-state index in [9.17, 15) is 9.59 Å². The van der Waals surface area contributed by atoms with Crippen LogP contribution in [0.2, 0.25) is 0 Å². The molecule has 1 saturated carbocycles. The molecule has 2 atom stereocenters. The number of carboxylic acids is 1. The standard InChI is InChI=1S/C17H23NO4/c1-3-11(2)13-6-4-5-7-14(13)22-10-15(19)18-16(17(20)21)12-8-9-12/h4-7,11-12,16H,3,8-10H2,1-2H3,(H,18,19)(H,20,21). The van der Waals surface area contributed by atoms with E-state index >= 15 is 0 Å². The van der Waals surface area contributed by atoms with Crippen LogP contribution in [0.1, 0.15) is 44.6 Å². The SMILES string of the molecule is CCC(C)c1ccccc1OCC(=O)NC(C(=O)O)C1CC1. The summed E-state index contributed by atoms with van der Waals surface area (Å²) in [4.78, 5) is 23.0. The molecule has 0 aliphatic heterocycles. The molecular weight excluding hydrogens is 282 g/mol. The van der Waals surface area contributed by atoms with Crippen LogP contribution in [0.25, 0.3) is 0 Å². The molecule has 120 valence electrons. The topological polar surface area (TPSA) is 75.6 Å². The van der Waals surface area contributed by atoms with Gasteiger partial charge in [-0.15, -0.1) is 0 Å². The minimum Gasteiger partial charge on any atom is -0.483 e. The molecule has 1 amide bonds. The van der Waals surface area contributed by atoms with Gasteiger partial charge in [0.1, 0.15) is 11.8 Å². The molecule has 2 N–H and O–H groups in total. The van der Waals surface area contributed by atoms with Gasteiger partial charge in [0.25, 0.3) is 5.91 Å². The Kier molecular flexibility index (Phi) is 5.41. The van der Waals surface area contributed by atoms with Gasteiger partial charge in [-0.05, 0) is 42.7 Å². The number of benzene rings is 1. The smallest absolute Gasteiger partial charge is 0.326 e. The highest BCUT2D eigenvalue weighted by molar-refractivity contribution is 5.84. The normalized spacial score (nSPS) is 16.6. The van der Waals surface area contributed by atoms with Gasteiger partial charge >= 0.3 is 5.97 Å². The summed E-state index contributed by atoms with van der Waals surface area (Å²) < 4.78 is 5.60. The second kappa shape index (κ2) is 7.29. The number of carboxylic acid groups (broad SMARTS) is 1. The monoisotopic (exact) mass is 305 g/mol. The van der Waals surface area contributed by atoms with E-state index < -0.39 is 17.9 Å². The van der Waals surface area contributed by atoms with Crippen molar-refractivity contribution in [3.63, 3.8) is 0 Å². The molecule has 5 nitrogen and oxygen atoms in total. The minimum absolute atomic E-state index is 0.0637. The fraction of sp³-hybridized carbons (Fsp3) is 0.529. The molecule has 22 heavy (non-hydrogen) atoms. The fourth-order valence-corrected chi connectivity index (χ4v) is 2.41. The zero-order valence-electron chi connectivity index (χ0n) is 13.0. The lowest BCUT2D eigenvalue weighted by Crippen LogP contribution is -2.44. The number of hydrogen-bond donors (Lipinski definition) is 2. The van der Waals surface area contributed by atoms with Gasteiger partial charge in [-0.2, -0.15) is 0 Å². The summed E-state index contributed by atoms with van der Waals surface area (Å²) in [6.07, 6.45) is 2.69. The number of para-hydroxylation sites is 1. The van der Waals surface area contributed by atoms with Gasteiger partial charge in [0, 0.05) is 0 Å². The van der Waals surface area contributed by atoms with Crippen LogP contribution in [-0.4, -0.2) is 29.6 Å². The number of rotatable bonds is 8. The van der Waals surface area contributed by atoms with E-state index in [0.717, 1.165) is 24.8 Å². The van der Waals surface area contributed by atoms with E-state index in [-0.39, 0.29) is 12.5 Å². The molecule has 1 fully saturated rings. The summed E-state index contributed by atoms with van der Waals surface area (Å²) in [7, 11) is 0. The Morgan fingerprint density at radius 1 is 1.36 bits per heavy atom. The first-order chi connectivity index (χ1) is 10.5. The number of amides is 1. The Bertz CT molecular complexity index is 539. The molecule has 0 saturated heterocycles. The Hall–Kier alpha value is -2.04. The van der Waals surface area contributed by atoms with Crippen molar-refractivity contribution in [1.29, 1.82) is 0 Å². The van der Waals surface area contributed by atoms with E-state index in [2.05, 4.69) is 19.2 Å². The molecule has 1 aliphatic rings. The van der Waals surface area contributed by atoms with Crippen LogP contribution in [0.3, 0.4) is 0 Å². The third-order valence-electron chi connectivity index (χ3n) is 4.10. The lowest BCUT2D eigenvalue weighted by molar-refractivity contribution is -0.142. The maximum Gasteiger partial charge on any atom is 0.326 e. The van der Waals surface area contributed by atoms with Crippen LogP contribution in [-0.2, 0) is 9.59 Å². The first-order valence-corrected chi connectivity index (χ1v) is 7.76. The van der Waals surface area contributed by atoms with E-state index in [0.29, 0.717) is 11.7 Å². The van der Waals surface area contributed by atoms with Crippen molar-refractivity contribution < 1.29 is 19.4 Å². The van der Waals surface area contributed by atoms with E-state index in [1.807, 2.05) is 24.3 Å². The van der Waals surface area contributed by atoms with Crippen LogP contribution < -0.4 is 10.1 Å².